The van der Waals surface area contributed by atoms with Gasteiger partial charge in [-0.25, -0.2) is 0 Å². The van der Waals surface area contributed by atoms with Gasteiger partial charge >= 0.3 is 0 Å². The number of hydrogen-bond acceptors (Lipinski definition) is 0. The summed E-state index contributed by atoms with van der Waals surface area (Å²) in [5.41, 5.74) is 18.0. The van der Waals surface area contributed by atoms with Gasteiger partial charge < -0.3 is 0 Å². The minimum absolute atomic E-state index is 0.170. The molecule has 48 heavy (non-hydrogen) atoms. The van der Waals surface area contributed by atoms with Crippen LogP contribution in [0.1, 0.15) is 133 Å². The van der Waals surface area contributed by atoms with E-state index in [1.165, 1.54) is 82.7 Å². The van der Waals surface area contributed by atoms with Crippen molar-refractivity contribution in [3.05, 3.63) is 129 Å². The van der Waals surface area contributed by atoms with Crippen LogP contribution in [0, 0.1) is 0 Å². The Kier molecular flexibility index (Phi) is 8.60. The first-order chi connectivity index (χ1) is 22.9. The molecule has 3 aliphatic carbocycles. The van der Waals surface area contributed by atoms with Crippen LogP contribution in [0.5, 0.6) is 0 Å². The van der Waals surface area contributed by atoms with Crippen molar-refractivity contribution in [3.8, 4) is 22.3 Å². The average Bonchev–Trinajstić information content (AvgIpc) is 3.58. The second kappa shape index (κ2) is 12.5. The second-order valence-electron chi connectivity index (χ2n) is 17.5. The SMILES string of the molecule is CC1=Cc2c(-c3ccc(C(C)(C)C)cc3)cccc2C1C[SiH2]C1(C2C(C)=Cc3c(-c4ccc(C(C)(C)C)cc4)cccc32)CCCCC1. The highest BCUT2D eigenvalue weighted by Crippen LogP contribution is 2.61. The van der Waals surface area contributed by atoms with Crippen LogP contribution in [0.15, 0.2) is 96.1 Å². The molecule has 3 aliphatic rings. The molecule has 0 aromatic heterocycles. The van der Waals surface area contributed by atoms with Gasteiger partial charge in [0.2, 0.25) is 0 Å². The predicted molar refractivity (Wildman–Crippen MR) is 213 cm³/mol. The smallest absolute Gasteiger partial charge is 0.0292 e. The van der Waals surface area contributed by atoms with Gasteiger partial charge in [-0.15, -0.1) is 0 Å². The molecule has 0 aliphatic heterocycles. The third-order valence-corrected chi connectivity index (χ3v) is 15.2. The Morgan fingerprint density at radius 3 is 1.58 bits per heavy atom. The minimum atomic E-state index is -0.417. The van der Waals surface area contributed by atoms with Crippen molar-refractivity contribution in [1.82, 2.24) is 0 Å². The maximum Gasteiger partial charge on any atom is 0.0292 e. The zero-order chi connectivity index (χ0) is 33.8. The summed E-state index contributed by atoms with van der Waals surface area (Å²) in [5, 5.41) is 0.461. The fourth-order valence-electron chi connectivity index (χ4n) is 9.54. The van der Waals surface area contributed by atoms with Crippen molar-refractivity contribution in [1.29, 1.82) is 0 Å². The Balaban J connectivity index is 1.18. The van der Waals surface area contributed by atoms with Crippen molar-refractivity contribution in [2.45, 2.75) is 121 Å². The Morgan fingerprint density at radius 1 is 0.583 bits per heavy atom. The molecule has 0 heterocycles. The number of rotatable bonds is 6. The van der Waals surface area contributed by atoms with E-state index < -0.39 is 9.52 Å². The quantitative estimate of drug-likeness (QED) is 0.183. The van der Waals surface area contributed by atoms with Gasteiger partial charge in [-0.1, -0.05) is 175 Å². The third-order valence-electron chi connectivity index (χ3n) is 12.2. The molecule has 0 spiro atoms. The van der Waals surface area contributed by atoms with Gasteiger partial charge in [-0.3, -0.25) is 0 Å². The van der Waals surface area contributed by atoms with Crippen molar-refractivity contribution in [2.24, 2.45) is 0 Å². The summed E-state index contributed by atoms with van der Waals surface area (Å²) in [7, 11) is -0.417. The molecule has 1 fully saturated rings. The molecule has 7 rings (SSSR count). The molecule has 2 unspecified atom stereocenters. The van der Waals surface area contributed by atoms with Crippen LogP contribution in [-0.2, 0) is 10.8 Å². The van der Waals surface area contributed by atoms with Crippen LogP contribution < -0.4 is 0 Å². The number of hydrogen-bond donors (Lipinski definition) is 0. The van der Waals surface area contributed by atoms with Crippen LogP contribution in [0.2, 0.25) is 11.1 Å². The van der Waals surface area contributed by atoms with Gasteiger partial charge in [0.15, 0.2) is 0 Å². The fraction of sp³-hybridized carbons (Fsp3) is 0.404. The van der Waals surface area contributed by atoms with Crippen LogP contribution >= 0.6 is 0 Å². The molecule has 0 amide bonds. The zero-order valence-electron chi connectivity index (χ0n) is 30.8. The summed E-state index contributed by atoms with van der Waals surface area (Å²) >= 11 is 0. The van der Waals surface area contributed by atoms with Crippen molar-refractivity contribution < 1.29 is 0 Å². The second-order valence-corrected chi connectivity index (χ2v) is 20.0. The third kappa shape index (κ3) is 6.02. The van der Waals surface area contributed by atoms with E-state index in [4.69, 9.17) is 0 Å². The zero-order valence-corrected chi connectivity index (χ0v) is 32.3. The van der Waals surface area contributed by atoms with Crippen LogP contribution in [0.4, 0.5) is 0 Å². The van der Waals surface area contributed by atoms with Crippen LogP contribution in [0.3, 0.4) is 0 Å². The van der Waals surface area contributed by atoms with E-state index in [1.54, 1.807) is 22.3 Å². The number of fused-ring (bicyclic) bond motifs is 2. The minimum Gasteiger partial charge on any atom is -0.0655 e. The molecule has 1 saturated carbocycles. The van der Waals surface area contributed by atoms with E-state index in [0.717, 1.165) is 0 Å². The van der Waals surface area contributed by atoms with Crippen molar-refractivity contribution in [2.75, 3.05) is 0 Å². The standard InChI is InChI=1S/C47H56Si/c1-31-28-41-37(33-18-22-35(23-19-33)45(3,4)5)14-12-16-39(41)43(31)30-48-47(26-10-9-11-27-47)44-32(2)29-42-38(15-13-17-40(42)44)34-20-24-36(25-21-34)46(6,7)8/h12-25,28-29,43-44H,9-11,26-27,30,48H2,1-8H3. The largest absolute Gasteiger partial charge is 0.0655 e. The van der Waals surface area contributed by atoms with E-state index in [-0.39, 0.29) is 10.8 Å². The highest BCUT2D eigenvalue weighted by molar-refractivity contribution is 6.41. The van der Waals surface area contributed by atoms with Gasteiger partial charge in [0.25, 0.3) is 0 Å². The van der Waals surface area contributed by atoms with E-state index >= 15 is 0 Å². The van der Waals surface area contributed by atoms with Crippen molar-refractivity contribution in [3.63, 3.8) is 0 Å². The summed E-state index contributed by atoms with van der Waals surface area (Å²) in [6, 6.07) is 34.4. The lowest BCUT2D eigenvalue weighted by molar-refractivity contribution is 0.342. The normalized spacial score (nSPS) is 20.5. The van der Waals surface area contributed by atoms with E-state index in [0.29, 0.717) is 16.9 Å². The molecule has 0 N–H and O–H groups in total. The maximum atomic E-state index is 2.57. The van der Waals surface area contributed by atoms with Gasteiger partial charge in [-0.05, 0) is 98.2 Å². The van der Waals surface area contributed by atoms with Crippen molar-refractivity contribution >= 4 is 21.7 Å². The lowest BCUT2D eigenvalue weighted by atomic mass is 9.74. The molecule has 0 nitrogen and oxygen atoms in total. The summed E-state index contributed by atoms with van der Waals surface area (Å²) in [4.78, 5) is 0. The molecule has 0 saturated heterocycles. The molecular formula is C47H56Si. The van der Waals surface area contributed by atoms with Crippen LogP contribution in [0.25, 0.3) is 34.4 Å². The first-order valence-electron chi connectivity index (χ1n) is 18.7. The summed E-state index contributed by atoms with van der Waals surface area (Å²) in [5.74, 6) is 1.14. The lowest BCUT2D eigenvalue weighted by Crippen LogP contribution is -2.31. The number of allylic oxidation sites excluding steroid dienone is 2. The first-order valence-corrected chi connectivity index (χ1v) is 20.4. The highest BCUT2D eigenvalue weighted by atomic mass is 28.2. The van der Waals surface area contributed by atoms with Gasteiger partial charge in [0.1, 0.15) is 0 Å². The molecule has 1 heteroatoms. The molecule has 248 valence electrons. The monoisotopic (exact) mass is 648 g/mol. The Hall–Kier alpha value is -3.42. The Bertz CT molecular complexity index is 1860. The predicted octanol–water partition coefficient (Wildman–Crippen LogP) is 13.0. The Labute approximate surface area is 293 Å². The summed E-state index contributed by atoms with van der Waals surface area (Å²) in [6.45, 7) is 18.7. The summed E-state index contributed by atoms with van der Waals surface area (Å²) < 4.78 is 0. The molecule has 0 radical (unpaired) electrons. The van der Waals surface area contributed by atoms with E-state index in [1.807, 2.05) is 0 Å². The topological polar surface area (TPSA) is 0 Å². The highest BCUT2D eigenvalue weighted by Gasteiger charge is 2.45. The fourth-order valence-corrected chi connectivity index (χ4v) is 13.0. The molecule has 4 aromatic rings. The first kappa shape index (κ1) is 33.1. The molecule has 0 bridgehead atoms. The van der Waals surface area contributed by atoms with Gasteiger partial charge in [0, 0.05) is 21.4 Å². The Morgan fingerprint density at radius 2 is 1.06 bits per heavy atom. The van der Waals surface area contributed by atoms with E-state index in [9.17, 15) is 0 Å². The maximum absolute atomic E-state index is 2.57. The average molecular weight is 649 g/mol. The van der Waals surface area contributed by atoms with Gasteiger partial charge in [0.05, 0.1) is 0 Å². The molecule has 2 atom stereocenters. The lowest BCUT2D eigenvalue weighted by Gasteiger charge is -2.44. The molecule has 4 aromatic carbocycles. The summed E-state index contributed by atoms with van der Waals surface area (Å²) in [6.07, 6.45) is 12.1. The van der Waals surface area contributed by atoms with Crippen LogP contribution in [-0.4, -0.2) is 9.52 Å². The molecular weight excluding hydrogens is 593 g/mol. The van der Waals surface area contributed by atoms with E-state index in [2.05, 4.69) is 152 Å². The van der Waals surface area contributed by atoms with Gasteiger partial charge in [-0.2, -0.15) is 0 Å². The number of benzene rings is 4.